The zero-order chi connectivity index (χ0) is 7.56. The van der Waals surface area contributed by atoms with Crippen LogP contribution in [0.2, 0.25) is 0 Å². The van der Waals surface area contributed by atoms with Crippen LogP contribution in [0.25, 0.3) is 0 Å². The van der Waals surface area contributed by atoms with Gasteiger partial charge in [0.15, 0.2) is 0 Å². The van der Waals surface area contributed by atoms with Gasteiger partial charge in [-0.2, -0.15) is 5.10 Å². The minimum Gasteiger partial charge on any atom is -0.268 e. The molecule has 0 saturated heterocycles. The highest BCUT2D eigenvalue weighted by Crippen LogP contribution is 1.95. The van der Waals surface area contributed by atoms with Gasteiger partial charge in [0.2, 0.25) is 0 Å². The molecule has 0 saturated carbocycles. The van der Waals surface area contributed by atoms with E-state index in [9.17, 15) is 4.79 Å². The Labute approximate surface area is 72.2 Å². The van der Waals surface area contributed by atoms with Gasteiger partial charge in [-0.1, -0.05) is 0 Å². The lowest BCUT2D eigenvalue weighted by Gasteiger charge is -1.96. The Bertz CT molecular complexity index is 281. The van der Waals surface area contributed by atoms with Crippen molar-refractivity contribution in [2.45, 2.75) is 13.5 Å². The molecule has 0 fully saturated rings. The molecular formula is C6H7IN2O. The molecule has 1 heterocycles. The molecule has 0 radical (unpaired) electrons. The van der Waals surface area contributed by atoms with E-state index in [-0.39, 0.29) is 5.56 Å². The van der Waals surface area contributed by atoms with Crippen molar-refractivity contribution in [3.8, 4) is 0 Å². The van der Waals surface area contributed by atoms with Crippen LogP contribution in [0.15, 0.2) is 17.1 Å². The van der Waals surface area contributed by atoms with E-state index in [0.717, 1.165) is 3.57 Å². The van der Waals surface area contributed by atoms with Crippen molar-refractivity contribution in [2.75, 3.05) is 0 Å². The zero-order valence-electron chi connectivity index (χ0n) is 5.54. The van der Waals surface area contributed by atoms with Crippen LogP contribution in [0.3, 0.4) is 0 Å². The van der Waals surface area contributed by atoms with Crippen LogP contribution in [0.5, 0.6) is 0 Å². The minimum absolute atomic E-state index is 0.0330. The predicted octanol–water partition coefficient (Wildman–Crippen LogP) is 0.868. The van der Waals surface area contributed by atoms with Crippen molar-refractivity contribution in [1.29, 1.82) is 0 Å². The van der Waals surface area contributed by atoms with Crippen LogP contribution in [-0.2, 0) is 6.54 Å². The first-order chi connectivity index (χ1) is 4.74. The molecular weight excluding hydrogens is 243 g/mol. The van der Waals surface area contributed by atoms with Crippen LogP contribution in [0.1, 0.15) is 6.92 Å². The number of halogens is 1. The molecule has 0 amide bonds. The average molecular weight is 250 g/mol. The quantitative estimate of drug-likeness (QED) is 0.693. The number of aromatic nitrogens is 2. The highest BCUT2D eigenvalue weighted by atomic mass is 127. The van der Waals surface area contributed by atoms with E-state index in [0.29, 0.717) is 6.54 Å². The van der Waals surface area contributed by atoms with Crippen LogP contribution in [0.4, 0.5) is 0 Å². The van der Waals surface area contributed by atoms with Gasteiger partial charge in [-0.05, 0) is 29.5 Å². The predicted molar refractivity (Wildman–Crippen MR) is 46.9 cm³/mol. The van der Waals surface area contributed by atoms with Gasteiger partial charge in [-0.15, -0.1) is 0 Å². The van der Waals surface area contributed by atoms with E-state index in [1.807, 2.05) is 6.92 Å². The summed E-state index contributed by atoms with van der Waals surface area (Å²) in [6.07, 6.45) is 1.67. The molecule has 0 atom stereocenters. The van der Waals surface area contributed by atoms with Crippen molar-refractivity contribution in [3.05, 3.63) is 26.2 Å². The molecule has 0 aliphatic carbocycles. The van der Waals surface area contributed by atoms with E-state index >= 15 is 0 Å². The topological polar surface area (TPSA) is 34.9 Å². The first-order valence-corrected chi connectivity index (χ1v) is 4.04. The Kier molecular flexibility index (Phi) is 2.42. The molecule has 0 aromatic carbocycles. The smallest absolute Gasteiger partial charge is 0.267 e. The highest BCUT2D eigenvalue weighted by Gasteiger charge is 1.92. The first-order valence-electron chi connectivity index (χ1n) is 2.96. The van der Waals surface area contributed by atoms with Gasteiger partial charge in [-0.25, -0.2) is 4.68 Å². The summed E-state index contributed by atoms with van der Waals surface area (Å²) in [6, 6.07) is 1.57. The Morgan fingerprint density at radius 3 is 3.00 bits per heavy atom. The number of hydrogen-bond acceptors (Lipinski definition) is 2. The fraction of sp³-hybridized carbons (Fsp3) is 0.333. The zero-order valence-corrected chi connectivity index (χ0v) is 7.70. The average Bonchev–Trinajstić information content (AvgIpc) is 1.88. The van der Waals surface area contributed by atoms with Crippen LogP contribution in [0, 0.1) is 3.57 Å². The molecule has 0 N–H and O–H groups in total. The van der Waals surface area contributed by atoms with Gasteiger partial charge >= 0.3 is 0 Å². The Hall–Kier alpha value is -0.390. The molecule has 54 valence electrons. The fourth-order valence-electron chi connectivity index (χ4n) is 0.649. The van der Waals surface area contributed by atoms with Crippen LogP contribution in [-0.4, -0.2) is 9.78 Å². The number of aryl methyl sites for hydroxylation is 1. The second kappa shape index (κ2) is 3.14. The van der Waals surface area contributed by atoms with Gasteiger partial charge in [0, 0.05) is 16.2 Å². The maximum absolute atomic E-state index is 11.0. The van der Waals surface area contributed by atoms with E-state index in [1.165, 1.54) is 4.68 Å². The fourth-order valence-corrected chi connectivity index (χ4v) is 1.04. The molecule has 0 unspecified atom stereocenters. The molecule has 10 heavy (non-hydrogen) atoms. The van der Waals surface area contributed by atoms with Crippen molar-refractivity contribution < 1.29 is 0 Å². The maximum atomic E-state index is 11.0. The second-order valence-electron chi connectivity index (χ2n) is 1.83. The summed E-state index contributed by atoms with van der Waals surface area (Å²) in [6.45, 7) is 2.52. The lowest BCUT2D eigenvalue weighted by atomic mass is 10.6. The molecule has 4 heteroatoms. The van der Waals surface area contributed by atoms with E-state index < -0.39 is 0 Å². The summed E-state index contributed by atoms with van der Waals surface area (Å²) in [5.74, 6) is 0. The highest BCUT2D eigenvalue weighted by molar-refractivity contribution is 14.1. The molecule has 1 aromatic rings. The number of rotatable bonds is 1. The van der Waals surface area contributed by atoms with E-state index in [4.69, 9.17) is 0 Å². The summed E-state index contributed by atoms with van der Waals surface area (Å²) in [7, 11) is 0. The molecule has 0 aliphatic rings. The molecule has 0 aliphatic heterocycles. The molecule has 0 bridgehead atoms. The molecule has 1 aromatic heterocycles. The monoisotopic (exact) mass is 250 g/mol. The first kappa shape index (κ1) is 7.71. The van der Waals surface area contributed by atoms with Gasteiger partial charge in [0.05, 0.1) is 6.20 Å². The van der Waals surface area contributed by atoms with Crippen LogP contribution < -0.4 is 5.56 Å². The lowest BCUT2D eigenvalue weighted by Crippen LogP contribution is -2.20. The third-order valence-electron chi connectivity index (χ3n) is 1.14. The summed E-state index contributed by atoms with van der Waals surface area (Å²) in [5, 5.41) is 3.89. The number of nitrogens with zero attached hydrogens (tertiary/aromatic N) is 2. The normalized spacial score (nSPS) is 9.80. The van der Waals surface area contributed by atoms with Gasteiger partial charge in [0.25, 0.3) is 5.56 Å². The van der Waals surface area contributed by atoms with Crippen LogP contribution >= 0.6 is 22.6 Å². The molecule has 0 spiro atoms. The van der Waals surface area contributed by atoms with Gasteiger partial charge in [0.1, 0.15) is 0 Å². The van der Waals surface area contributed by atoms with Crippen molar-refractivity contribution in [2.24, 2.45) is 0 Å². The third kappa shape index (κ3) is 1.56. The minimum atomic E-state index is -0.0330. The SMILES string of the molecule is CCn1ncc(I)cc1=O. The summed E-state index contributed by atoms with van der Waals surface area (Å²) in [4.78, 5) is 11.0. The Balaban J connectivity index is 3.20. The van der Waals surface area contributed by atoms with Gasteiger partial charge in [-0.3, -0.25) is 4.79 Å². The largest absolute Gasteiger partial charge is 0.268 e. The Morgan fingerprint density at radius 1 is 1.80 bits per heavy atom. The number of hydrogen-bond donors (Lipinski definition) is 0. The van der Waals surface area contributed by atoms with Crippen molar-refractivity contribution in [1.82, 2.24) is 9.78 Å². The molecule has 1 rings (SSSR count). The maximum Gasteiger partial charge on any atom is 0.267 e. The van der Waals surface area contributed by atoms with E-state index in [2.05, 4.69) is 27.7 Å². The second-order valence-corrected chi connectivity index (χ2v) is 3.07. The lowest BCUT2D eigenvalue weighted by molar-refractivity contribution is 0.613. The summed E-state index contributed by atoms with van der Waals surface area (Å²) < 4.78 is 2.30. The Morgan fingerprint density at radius 2 is 2.50 bits per heavy atom. The molecule has 3 nitrogen and oxygen atoms in total. The van der Waals surface area contributed by atoms with Crippen molar-refractivity contribution in [3.63, 3.8) is 0 Å². The summed E-state index contributed by atoms with van der Waals surface area (Å²) >= 11 is 2.06. The third-order valence-corrected chi connectivity index (χ3v) is 1.73. The standard InChI is InChI=1S/C6H7IN2O/c1-2-9-6(10)3-5(7)4-8-9/h3-4H,2H2,1H3. The van der Waals surface area contributed by atoms with E-state index in [1.54, 1.807) is 12.3 Å². The summed E-state index contributed by atoms with van der Waals surface area (Å²) in [5.41, 5.74) is -0.0330. The van der Waals surface area contributed by atoms with Crippen molar-refractivity contribution >= 4 is 22.6 Å². The van der Waals surface area contributed by atoms with Gasteiger partial charge < -0.3 is 0 Å².